The van der Waals surface area contributed by atoms with E-state index in [1.54, 1.807) is 0 Å². The molecule has 2 N–H and O–H groups in total. The summed E-state index contributed by atoms with van der Waals surface area (Å²) in [6.45, 7) is 11.5. The highest BCUT2D eigenvalue weighted by Gasteiger charge is 2.51. The molecule has 7 nitrogen and oxygen atoms in total. The van der Waals surface area contributed by atoms with Crippen molar-refractivity contribution in [2.45, 2.75) is 63.4 Å². The van der Waals surface area contributed by atoms with Gasteiger partial charge >= 0.3 is 6.09 Å². The normalized spacial score (nSPS) is 25.8. The predicted molar refractivity (Wildman–Crippen MR) is 156 cm³/mol. The van der Waals surface area contributed by atoms with Gasteiger partial charge in [0.1, 0.15) is 5.60 Å². The Hall–Kier alpha value is -2.13. The summed E-state index contributed by atoms with van der Waals surface area (Å²) in [7, 11) is 2.19. The van der Waals surface area contributed by atoms with Gasteiger partial charge in [0.15, 0.2) is 0 Å². The summed E-state index contributed by atoms with van der Waals surface area (Å²) in [6.07, 6.45) is 1.52. The van der Waals surface area contributed by atoms with Crippen LogP contribution in [0.4, 0.5) is 10.5 Å². The summed E-state index contributed by atoms with van der Waals surface area (Å²) in [6, 6.07) is 18.3. The van der Waals surface area contributed by atoms with Crippen LogP contribution in [0.2, 0.25) is 0 Å². The largest absolute Gasteiger partial charge is 0.444 e. The highest BCUT2D eigenvalue weighted by atomic mass is 79.9. The van der Waals surface area contributed by atoms with E-state index in [0.29, 0.717) is 19.1 Å². The first-order valence-electron chi connectivity index (χ1n) is 13.9. The molecule has 3 saturated heterocycles. The van der Waals surface area contributed by atoms with Gasteiger partial charge in [-0.2, -0.15) is 0 Å². The molecule has 206 valence electrons. The number of nitrogens with zero attached hydrogens (tertiary/aromatic N) is 4. The third kappa shape index (κ3) is 5.88. The van der Waals surface area contributed by atoms with E-state index in [4.69, 9.17) is 10.5 Å². The first kappa shape index (κ1) is 27.4. The fourth-order valence-corrected chi connectivity index (χ4v) is 6.44. The number of piperazine rings is 1. The maximum Gasteiger partial charge on any atom is 0.410 e. The van der Waals surface area contributed by atoms with E-state index in [2.05, 4.69) is 86.2 Å². The minimum absolute atomic E-state index is 0.0591. The van der Waals surface area contributed by atoms with Crippen molar-refractivity contribution in [2.24, 2.45) is 5.73 Å². The molecule has 5 rings (SSSR count). The molecule has 0 aromatic heterocycles. The maximum absolute atomic E-state index is 12.6. The number of rotatable bonds is 4. The number of halogens is 1. The van der Waals surface area contributed by atoms with E-state index >= 15 is 0 Å². The van der Waals surface area contributed by atoms with E-state index in [0.717, 1.165) is 43.5 Å². The molecule has 2 aromatic carbocycles. The van der Waals surface area contributed by atoms with E-state index in [1.807, 2.05) is 25.7 Å². The minimum atomic E-state index is -0.479. The van der Waals surface area contributed by atoms with Gasteiger partial charge in [0.25, 0.3) is 0 Å². The zero-order valence-corrected chi connectivity index (χ0v) is 24.7. The molecule has 3 fully saturated rings. The van der Waals surface area contributed by atoms with Crippen LogP contribution in [-0.4, -0.2) is 84.9 Å². The van der Waals surface area contributed by atoms with Crippen molar-refractivity contribution in [3.8, 4) is 0 Å². The second-order valence-corrected chi connectivity index (χ2v) is 13.0. The number of nitrogens with two attached hydrogens (primary N) is 1. The third-order valence-electron chi connectivity index (χ3n) is 8.27. The fourth-order valence-electron chi connectivity index (χ4n) is 6.18. The van der Waals surface area contributed by atoms with Gasteiger partial charge in [-0.3, -0.25) is 4.90 Å². The number of carbonyl (C=O) groups is 1. The number of piperidine rings is 1. The molecule has 3 unspecified atom stereocenters. The molecule has 0 spiro atoms. The van der Waals surface area contributed by atoms with Crippen LogP contribution < -0.4 is 10.6 Å². The number of hydrogen-bond donors (Lipinski definition) is 1. The van der Waals surface area contributed by atoms with Gasteiger partial charge in [-0.15, -0.1) is 0 Å². The smallest absolute Gasteiger partial charge is 0.410 e. The first-order valence-corrected chi connectivity index (χ1v) is 14.7. The summed E-state index contributed by atoms with van der Waals surface area (Å²) in [4.78, 5) is 21.8. The average Bonchev–Trinajstić information content (AvgIpc) is 2.88. The average molecular weight is 585 g/mol. The molecule has 3 heterocycles. The molecule has 3 aliphatic rings. The van der Waals surface area contributed by atoms with E-state index in [-0.39, 0.29) is 24.2 Å². The highest BCUT2D eigenvalue weighted by Crippen LogP contribution is 2.51. The van der Waals surface area contributed by atoms with Crippen LogP contribution in [0.3, 0.4) is 0 Å². The molecule has 3 aliphatic heterocycles. The molecule has 3 atom stereocenters. The summed E-state index contributed by atoms with van der Waals surface area (Å²) >= 11 is 3.59. The Balaban J connectivity index is 1.31. The Morgan fingerprint density at radius 2 is 1.47 bits per heavy atom. The minimum Gasteiger partial charge on any atom is -0.444 e. The molecular formula is C30H42BrN5O2. The van der Waals surface area contributed by atoms with Gasteiger partial charge in [-0.05, 0) is 76.1 Å². The Morgan fingerprint density at radius 1 is 0.895 bits per heavy atom. The second-order valence-electron chi connectivity index (χ2n) is 12.0. The van der Waals surface area contributed by atoms with Gasteiger partial charge in [-0.1, -0.05) is 40.2 Å². The van der Waals surface area contributed by atoms with Gasteiger partial charge < -0.3 is 25.2 Å². The van der Waals surface area contributed by atoms with Crippen molar-refractivity contribution >= 4 is 27.7 Å². The lowest BCUT2D eigenvalue weighted by Gasteiger charge is -2.58. The molecule has 0 bridgehead atoms. The van der Waals surface area contributed by atoms with Crippen molar-refractivity contribution in [3.05, 3.63) is 64.1 Å². The van der Waals surface area contributed by atoms with Crippen LogP contribution in [0.15, 0.2) is 53.0 Å². The van der Waals surface area contributed by atoms with Gasteiger partial charge in [-0.25, -0.2) is 4.79 Å². The zero-order valence-electron chi connectivity index (χ0n) is 23.1. The van der Waals surface area contributed by atoms with Crippen LogP contribution in [0, 0.1) is 0 Å². The number of likely N-dealkylation sites (N-methyl/N-ethyl adjacent to an activating group) is 1. The van der Waals surface area contributed by atoms with Crippen LogP contribution >= 0.6 is 15.9 Å². The second kappa shape index (κ2) is 11.2. The highest BCUT2D eigenvalue weighted by molar-refractivity contribution is 9.10. The van der Waals surface area contributed by atoms with Crippen LogP contribution in [0.25, 0.3) is 0 Å². The van der Waals surface area contributed by atoms with E-state index in [9.17, 15) is 4.79 Å². The molecule has 0 aliphatic carbocycles. The number of likely N-dealkylation sites (tertiary alicyclic amines) is 2. The van der Waals surface area contributed by atoms with Gasteiger partial charge in [0.05, 0.1) is 6.17 Å². The number of anilines is 1. The van der Waals surface area contributed by atoms with E-state index < -0.39 is 5.60 Å². The monoisotopic (exact) mass is 583 g/mol. The Bertz CT molecular complexity index is 1090. The molecular weight excluding hydrogens is 542 g/mol. The Kier molecular flexibility index (Phi) is 8.06. The van der Waals surface area contributed by atoms with Crippen LogP contribution in [0.5, 0.6) is 0 Å². The Labute approximate surface area is 236 Å². The molecule has 8 heteroatoms. The zero-order chi connectivity index (χ0) is 27.0. The molecule has 38 heavy (non-hydrogen) atoms. The van der Waals surface area contributed by atoms with Gasteiger partial charge in [0, 0.05) is 67.4 Å². The van der Waals surface area contributed by atoms with Crippen molar-refractivity contribution in [2.75, 3.05) is 51.2 Å². The fraction of sp³-hybridized carbons (Fsp3) is 0.567. The summed E-state index contributed by atoms with van der Waals surface area (Å²) < 4.78 is 6.69. The third-order valence-corrected chi connectivity index (χ3v) is 8.80. The topological polar surface area (TPSA) is 65.3 Å². The van der Waals surface area contributed by atoms with Gasteiger partial charge in [0.2, 0.25) is 0 Å². The van der Waals surface area contributed by atoms with Crippen LogP contribution in [-0.2, 0) is 4.74 Å². The summed E-state index contributed by atoms with van der Waals surface area (Å²) in [5.41, 5.74) is 10.4. The van der Waals surface area contributed by atoms with E-state index in [1.165, 1.54) is 16.8 Å². The SMILES string of the molecule is CN1CCN(c2ccc(C3C(N)N(C4CCN(C(=O)OC(C)(C)C)CC4)C3c3ccc(Br)cc3)cc2)CC1. The van der Waals surface area contributed by atoms with Crippen LogP contribution in [0.1, 0.15) is 56.7 Å². The number of carbonyl (C=O) groups excluding carboxylic acids is 1. The molecule has 0 saturated carbocycles. The molecule has 2 aromatic rings. The summed E-state index contributed by atoms with van der Waals surface area (Å²) in [5, 5.41) is 0. The molecule has 1 amide bonds. The lowest BCUT2D eigenvalue weighted by Crippen LogP contribution is -2.66. The van der Waals surface area contributed by atoms with Crippen molar-refractivity contribution in [1.29, 1.82) is 0 Å². The van der Waals surface area contributed by atoms with Crippen molar-refractivity contribution in [1.82, 2.24) is 14.7 Å². The molecule has 0 radical (unpaired) electrons. The number of benzene rings is 2. The lowest BCUT2D eigenvalue weighted by molar-refractivity contribution is -0.0692. The number of ether oxygens (including phenoxy) is 1. The van der Waals surface area contributed by atoms with Crippen molar-refractivity contribution < 1.29 is 9.53 Å². The quantitative estimate of drug-likeness (QED) is 0.545. The number of hydrogen-bond acceptors (Lipinski definition) is 6. The number of amides is 1. The lowest BCUT2D eigenvalue weighted by atomic mass is 9.74. The maximum atomic E-state index is 12.6. The van der Waals surface area contributed by atoms with Crippen molar-refractivity contribution in [3.63, 3.8) is 0 Å². The first-order chi connectivity index (χ1) is 18.1. The Morgan fingerprint density at radius 3 is 2.05 bits per heavy atom. The predicted octanol–water partition coefficient (Wildman–Crippen LogP) is 5.03. The standard InChI is InChI=1S/C30H42BrN5O2/c1-30(2,3)38-29(37)35-15-13-25(14-16-35)36-27(22-5-9-23(31)10-6-22)26(28(36)32)21-7-11-24(12-8-21)34-19-17-33(4)18-20-34/h5-12,25-28H,13-20,32H2,1-4H3. The summed E-state index contributed by atoms with van der Waals surface area (Å²) in [5.74, 6) is 0.224.